The quantitative estimate of drug-likeness (QED) is 0.116. The van der Waals surface area contributed by atoms with Crippen molar-refractivity contribution in [3.63, 3.8) is 0 Å². The predicted octanol–water partition coefficient (Wildman–Crippen LogP) is 5.73. The summed E-state index contributed by atoms with van der Waals surface area (Å²) in [5.41, 5.74) is 7.57. The van der Waals surface area contributed by atoms with Crippen molar-refractivity contribution in [2.45, 2.75) is 107 Å². The number of rotatable bonds is 12. The number of hydrogen-bond donors (Lipinski definition) is 7. The molecule has 0 aliphatic heterocycles. The zero-order valence-corrected chi connectivity index (χ0v) is 30.0. The Kier molecular flexibility index (Phi) is 11.5. The molecule has 3 atom stereocenters. The lowest BCUT2D eigenvalue weighted by Crippen LogP contribution is -2.50. The average Bonchev–Trinajstić information content (AvgIpc) is 3.14. The number of aromatic hydroxyl groups is 1. The number of nitrogens with zero attached hydrogens (tertiary/aromatic N) is 1. The molecule has 11 nitrogen and oxygen atoms in total. The maximum atomic E-state index is 13.2. The Bertz CT molecular complexity index is 1850. The highest BCUT2D eigenvalue weighted by Gasteiger charge is 2.43. The third kappa shape index (κ3) is 8.43. The van der Waals surface area contributed by atoms with Crippen molar-refractivity contribution >= 4 is 22.9 Å². The van der Waals surface area contributed by atoms with Gasteiger partial charge >= 0.3 is 6.09 Å². The van der Waals surface area contributed by atoms with E-state index in [-0.39, 0.29) is 35.7 Å². The lowest BCUT2D eigenvalue weighted by Gasteiger charge is -2.45. The van der Waals surface area contributed by atoms with Crippen LogP contribution >= 0.6 is 0 Å². The number of fused-ring (bicyclic) bond motifs is 1. The summed E-state index contributed by atoms with van der Waals surface area (Å²) in [6, 6.07) is 16.0. The van der Waals surface area contributed by atoms with Crippen LogP contribution < -0.4 is 21.9 Å². The number of allylic oxidation sites excluding steroid dienone is 1. The van der Waals surface area contributed by atoms with Gasteiger partial charge in [0.1, 0.15) is 5.75 Å². The first-order valence-corrected chi connectivity index (χ1v) is 18.8. The number of phenols is 1. The maximum Gasteiger partial charge on any atom is 0.411 e. The van der Waals surface area contributed by atoms with Gasteiger partial charge < -0.3 is 36.7 Å². The highest BCUT2D eigenvalue weighted by Crippen LogP contribution is 2.43. The second-order valence-corrected chi connectivity index (χ2v) is 15.2. The van der Waals surface area contributed by atoms with Crippen molar-refractivity contribution in [2.24, 2.45) is 11.7 Å². The standard InChI is InChI=1S/C41H53N5O6/c1-40(28-8-4-2-5-9-28)22-23-41(42,24-35(40)46(39(51)52)30-10-6-3-7-11-30)21-20-37(50)44-29-14-12-27(13-15-29)25-43-26-34(48)31-16-18-33(47)38-32(31)17-19-36(49)45-38/h2,4-5,8-9,16-19,22-24,27,29-30,34,43,47-48H,3,6-7,10-15,20-21,25-26,42H2,1H3,(H,44,50)(H,45,49)(H,51,52)/t27?,29?,34-,40-,41-/m0/s1. The van der Waals surface area contributed by atoms with Crippen molar-refractivity contribution in [3.05, 3.63) is 100 Å². The maximum absolute atomic E-state index is 13.2. The number of amides is 2. The number of nitrogens with two attached hydrogens (primary N) is 1. The molecule has 3 aromatic rings. The van der Waals surface area contributed by atoms with E-state index < -0.39 is 23.2 Å². The van der Waals surface area contributed by atoms with Gasteiger partial charge in [-0.3, -0.25) is 14.5 Å². The molecule has 1 aromatic heterocycles. The summed E-state index contributed by atoms with van der Waals surface area (Å²) in [6.07, 6.45) is 13.0. The van der Waals surface area contributed by atoms with E-state index in [4.69, 9.17) is 5.73 Å². The SMILES string of the molecule is C[C@@]1(c2ccccc2)C=C[C@@](N)(CCC(=O)NC2CCC(CNC[C@H](O)c3ccc(O)c4[nH]c(=O)ccc34)CC2)C=C1N(C(=O)O)C1CCCCC1. The van der Waals surface area contributed by atoms with Crippen molar-refractivity contribution in [3.8, 4) is 5.75 Å². The topological polar surface area (TPSA) is 181 Å². The molecule has 3 aliphatic rings. The number of aromatic amines is 1. The van der Waals surface area contributed by atoms with E-state index in [1.54, 1.807) is 17.0 Å². The molecule has 0 unspecified atom stereocenters. The Morgan fingerprint density at radius 1 is 0.981 bits per heavy atom. The number of aliphatic hydroxyl groups is 1. The fourth-order valence-corrected chi connectivity index (χ4v) is 8.38. The highest BCUT2D eigenvalue weighted by molar-refractivity contribution is 5.87. The van der Waals surface area contributed by atoms with Crippen molar-refractivity contribution in [2.75, 3.05) is 13.1 Å². The molecule has 11 heteroatoms. The fourth-order valence-electron chi connectivity index (χ4n) is 8.38. The van der Waals surface area contributed by atoms with Gasteiger partial charge in [0.05, 0.1) is 22.6 Å². The van der Waals surface area contributed by atoms with Crippen LogP contribution in [0.1, 0.15) is 94.8 Å². The van der Waals surface area contributed by atoms with E-state index in [1.165, 1.54) is 12.1 Å². The van der Waals surface area contributed by atoms with Gasteiger partial charge in [-0.25, -0.2) is 4.79 Å². The Hall–Kier alpha value is -4.45. The molecule has 2 fully saturated rings. The number of H-pyrrole nitrogens is 1. The van der Waals surface area contributed by atoms with Crippen LogP contribution in [0.4, 0.5) is 4.79 Å². The van der Waals surface area contributed by atoms with Crippen LogP contribution in [0.3, 0.4) is 0 Å². The monoisotopic (exact) mass is 711 g/mol. The molecule has 2 saturated carbocycles. The summed E-state index contributed by atoms with van der Waals surface area (Å²) in [7, 11) is 0. The Morgan fingerprint density at radius 2 is 1.71 bits per heavy atom. The van der Waals surface area contributed by atoms with Gasteiger partial charge in [-0.15, -0.1) is 0 Å². The molecular formula is C41H53N5O6. The molecule has 3 aliphatic carbocycles. The summed E-state index contributed by atoms with van der Waals surface area (Å²) < 4.78 is 0. The molecule has 0 bridgehead atoms. The first-order valence-electron chi connectivity index (χ1n) is 18.8. The van der Waals surface area contributed by atoms with Crippen LogP contribution in [0, 0.1) is 5.92 Å². The van der Waals surface area contributed by atoms with Crippen LogP contribution in [0.2, 0.25) is 0 Å². The summed E-state index contributed by atoms with van der Waals surface area (Å²) in [5, 5.41) is 38.8. The smallest absolute Gasteiger partial charge is 0.411 e. The van der Waals surface area contributed by atoms with E-state index in [2.05, 4.69) is 15.6 Å². The summed E-state index contributed by atoms with van der Waals surface area (Å²) in [6.45, 7) is 3.11. The normalized spacial score (nSPS) is 25.7. The van der Waals surface area contributed by atoms with Crippen molar-refractivity contribution in [1.29, 1.82) is 0 Å². The Morgan fingerprint density at radius 3 is 2.42 bits per heavy atom. The molecular weight excluding hydrogens is 658 g/mol. The molecule has 52 heavy (non-hydrogen) atoms. The van der Waals surface area contributed by atoms with Gasteiger partial charge in [-0.2, -0.15) is 0 Å². The number of carbonyl (C=O) groups excluding carboxylic acids is 1. The summed E-state index contributed by atoms with van der Waals surface area (Å²) >= 11 is 0. The zero-order chi connectivity index (χ0) is 36.9. The Balaban J connectivity index is 1.01. The van der Waals surface area contributed by atoms with E-state index in [0.29, 0.717) is 41.0 Å². The number of nitrogens with one attached hydrogen (secondary N) is 3. The van der Waals surface area contributed by atoms with Gasteiger partial charge in [0.25, 0.3) is 0 Å². The third-order valence-electron chi connectivity index (χ3n) is 11.5. The van der Waals surface area contributed by atoms with Gasteiger partial charge in [0, 0.05) is 42.2 Å². The first-order chi connectivity index (χ1) is 25.0. The number of hydrogen-bond acceptors (Lipinski definition) is 7. The van der Waals surface area contributed by atoms with Gasteiger partial charge in [0.15, 0.2) is 0 Å². The second-order valence-electron chi connectivity index (χ2n) is 15.2. The van der Waals surface area contributed by atoms with Crippen LogP contribution in [-0.2, 0) is 10.2 Å². The molecule has 1 heterocycles. The molecule has 0 spiro atoms. The molecule has 8 N–H and O–H groups in total. The fraction of sp³-hybridized carbons (Fsp3) is 0.488. The molecule has 278 valence electrons. The van der Waals surface area contributed by atoms with Gasteiger partial charge in [0.2, 0.25) is 11.5 Å². The minimum Gasteiger partial charge on any atom is -0.506 e. The van der Waals surface area contributed by atoms with Crippen LogP contribution in [0.25, 0.3) is 10.9 Å². The number of phenolic OH excluding ortho intramolecular Hbond substituents is 1. The van der Waals surface area contributed by atoms with Crippen LogP contribution in [0.5, 0.6) is 5.75 Å². The van der Waals surface area contributed by atoms with Gasteiger partial charge in [-0.1, -0.05) is 67.8 Å². The lowest BCUT2D eigenvalue weighted by molar-refractivity contribution is -0.122. The van der Waals surface area contributed by atoms with Crippen molar-refractivity contribution in [1.82, 2.24) is 20.5 Å². The minimum absolute atomic E-state index is 0.0388. The van der Waals surface area contributed by atoms with Gasteiger partial charge in [-0.05, 0) is 93.7 Å². The second kappa shape index (κ2) is 16.1. The number of aromatic nitrogens is 1. The molecule has 0 radical (unpaired) electrons. The first kappa shape index (κ1) is 37.3. The van der Waals surface area contributed by atoms with E-state index in [1.807, 2.05) is 55.5 Å². The number of benzene rings is 2. The summed E-state index contributed by atoms with van der Waals surface area (Å²) in [4.78, 5) is 42.0. The highest BCUT2D eigenvalue weighted by atomic mass is 16.4. The third-order valence-corrected chi connectivity index (χ3v) is 11.5. The average molecular weight is 712 g/mol. The largest absolute Gasteiger partial charge is 0.506 e. The molecule has 2 amide bonds. The molecule has 6 rings (SSSR count). The van der Waals surface area contributed by atoms with E-state index >= 15 is 0 Å². The zero-order valence-electron chi connectivity index (χ0n) is 30.0. The van der Waals surface area contributed by atoms with E-state index in [9.17, 15) is 29.7 Å². The number of pyridine rings is 1. The lowest BCUT2D eigenvalue weighted by atomic mass is 9.71. The molecule has 0 saturated heterocycles. The summed E-state index contributed by atoms with van der Waals surface area (Å²) in [5.74, 6) is 0.319. The predicted molar refractivity (Wildman–Crippen MR) is 202 cm³/mol. The van der Waals surface area contributed by atoms with Crippen LogP contribution in [0.15, 0.2) is 83.3 Å². The number of carbonyl (C=O) groups is 2. The Labute approximate surface area is 305 Å². The number of aliphatic hydroxyl groups excluding tert-OH is 1. The minimum atomic E-state index is -0.971. The van der Waals surface area contributed by atoms with E-state index in [0.717, 1.165) is 69.9 Å². The van der Waals surface area contributed by atoms with Crippen molar-refractivity contribution < 1.29 is 24.9 Å². The number of carboxylic acid groups (broad SMARTS) is 1. The van der Waals surface area contributed by atoms with Crippen LogP contribution in [-0.4, -0.2) is 67.9 Å². The molecule has 2 aromatic carbocycles.